The van der Waals surface area contributed by atoms with Crippen LogP contribution >= 0.6 is 11.8 Å². The lowest BCUT2D eigenvalue weighted by molar-refractivity contribution is -0.384. The summed E-state index contributed by atoms with van der Waals surface area (Å²) < 4.78 is 0. The number of carbonyl (C=O) groups excluding carboxylic acids is 3. The molecule has 2 fully saturated rings. The van der Waals surface area contributed by atoms with E-state index in [1.807, 2.05) is 6.26 Å². The molecule has 9 nitrogen and oxygen atoms in total. The molecular formula is C23H22N4O5S. The van der Waals surface area contributed by atoms with Gasteiger partial charge in [0.25, 0.3) is 5.69 Å². The molecule has 3 aliphatic rings. The molecule has 10 heteroatoms. The third-order valence-electron chi connectivity index (χ3n) is 6.90. The summed E-state index contributed by atoms with van der Waals surface area (Å²) in [6, 6.07) is 10.9. The zero-order chi connectivity index (χ0) is 23.5. The minimum Gasteiger partial charge on any atom is -0.324 e. The van der Waals surface area contributed by atoms with E-state index in [4.69, 9.17) is 0 Å². The van der Waals surface area contributed by atoms with Crippen LogP contribution in [0.25, 0.3) is 0 Å². The second kappa shape index (κ2) is 7.67. The SMILES string of the molecule is CSCC[C@@H]1N[C@]2(C(=O)Nc3ccccc32)[C@H]2C(=O)N(c3cc([N+](=O)[O-])ccc3C)C(=O)[C@@H]12. The number of thioether (sulfide) groups is 1. The van der Waals surface area contributed by atoms with Gasteiger partial charge in [-0.2, -0.15) is 11.8 Å². The summed E-state index contributed by atoms with van der Waals surface area (Å²) in [6.45, 7) is 1.70. The van der Waals surface area contributed by atoms with Gasteiger partial charge in [-0.15, -0.1) is 0 Å². The van der Waals surface area contributed by atoms with E-state index in [0.717, 1.165) is 10.7 Å². The maximum Gasteiger partial charge on any atom is 0.271 e. The van der Waals surface area contributed by atoms with E-state index in [2.05, 4.69) is 10.6 Å². The summed E-state index contributed by atoms with van der Waals surface area (Å²) in [7, 11) is 0. The van der Waals surface area contributed by atoms with Gasteiger partial charge in [-0.1, -0.05) is 24.3 Å². The summed E-state index contributed by atoms with van der Waals surface area (Å²) in [4.78, 5) is 52.8. The molecule has 2 aromatic carbocycles. The van der Waals surface area contributed by atoms with Gasteiger partial charge in [0.2, 0.25) is 17.7 Å². The molecule has 0 aromatic heterocycles. The van der Waals surface area contributed by atoms with Crippen LogP contribution in [-0.4, -0.2) is 40.7 Å². The number of nitrogens with one attached hydrogen (secondary N) is 2. The number of nitro groups is 1. The van der Waals surface area contributed by atoms with Crippen molar-refractivity contribution in [3.05, 3.63) is 63.7 Å². The molecule has 3 amide bonds. The number of nitro benzene ring substituents is 1. The second-order valence-corrected chi connectivity index (χ2v) is 9.57. The van der Waals surface area contributed by atoms with Crippen LogP contribution in [0.15, 0.2) is 42.5 Å². The fourth-order valence-electron chi connectivity index (χ4n) is 5.44. The van der Waals surface area contributed by atoms with Crippen LogP contribution in [0.5, 0.6) is 0 Å². The van der Waals surface area contributed by atoms with Crippen LogP contribution in [-0.2, 0) is 19.9 Å². The molecule has 5 rings (SSSR count). The predicted molar refractivity (Wildman–Crippen MR) is 124 cm³/mol. The predicted octanol–water partition coefficient (Wildman–Crippen LogP) is 2.58. The van der Waals surface area contributed by atoms with Crippen molar-refractivity contribution in [2.45, 2.75) is 24.9 Å². The first-order valence-corrected chi connectivity index (χ1v) is 12.0. The largest absolute Gasteiger partial charge is 0.324 e. The van der Waals surface area contributed by atoms with Crippen LogP contribution in [0.3, 0.4) is 0 Å². The van der Waals surface area contributed by atoms with Gasteiger partial charge < -0.3 is 5.32 Å². The number of aryl methyl sites for hydroxylation is 1. The second-order valence-electron chi connectivity index (χ2n) is 8.58. The smallest absolute Gasteiger partial charge is 0.271 e. The number of hydrogen-bond donors (Lipinski definition) is 2. The van der Waals surface area contributed by atoms with E-state index >= 15 is 0 Å². The average Bonchev–Trinajstić information content (AvgIpc) is 3.37. The lowest BCUT2D eigenvalue weighted by Gasteiger charge is -2.29. The number of hydrogen-bond acceptors (Lipinski definition) is 7. The van der Waals surface area contributed by atoms with Gasteiger partial charge in [-0.3, -0.25) is 29.8 Å². The van der Waals surface area contributed by atoms with E-state index < -0.39 is 34.1 Å². The first kappa shape index (κ1) is 21.6. The summed E-state index contributed by atoms with van der Waals surface area (Å²) in [5.41, 5.74) is 0.463. The number of rotatable bonds is 5. The molecule has 2 saturated heterocycles. The van der Waals surface area contributed by atoms with Gasteiger partial charge in [0.1, 0.15) is 5.54 Å². The van der Waals surface area contributed by atoms with Gasteiger partial charge >= 0.3 is 0 Å². The zero-order valence-corrected chi connectivity index (χ0v) is 18.8. The number of imide groups is 1. The maximum atomic E-state index is 13.9. The van der Waals surface area contributed by atoms with Crippen molar-refractivity contribution in [2.75, 3.05) is 22.2 Å². The first-order valence-electron chi connectivity index (χ1n) is 10.6. The Hall–Kier alpha value is -3.24. The van der Waals surface area contributed by atoms with E-state index in [9.17, 15) is 24.5 Å². The Labute approximate surface area is 194 Å². The summed E-state index contributed by atoms with van der Waals surface area (Å²) >= 11 is 1.62. The van der Waals surface area contributed by atoms with Crippen LogP contribution in [0, 0.1) is 28.9 Å². The monoisotopic (exact) mass is 466 g/mol. The number of anilines is 2. The topological polar surface area (TPSA) is 122 Å². The normalized spacial score (nSPS) is 27.8. The van der Waals surface area contributed by atoms with Crippen molar-refractivity contribution in [1.82, 2.24) is 5.32 Å². The fourth-order valence-corrected chi connectivity index (χ4v) is 5.93. The quantitative estimate of drug-likeness (QED) is 0.395. The molecule has 33 heavy (non-hydrogen) atoms. The molecular weight excluding hydrogens is 444 g/mol. The molecule has 0 bridgehead atoms. The molecule has 1 spiro atoms. The van der Waals surface area contributed by atoms with Gasteiger partial charge in [-0.05, 0) is 37.0 Å². The van der Waals surface area contributed by atoms with Crippen molar-refractivity contribution in [2.24, 2.45) is 11.8 Å². The maximum absolute atomic E-state index is 13.9. The minimum absolute atomic E-state index is 0.194. The Morgan fingerprint density at radius 1 is 1.15 bits per heavy atom. The summed E-state index contributed by atoms with van der Waals surface area (Å²) in [6.07, 6.45) is 2.56. The Bertz CT molecular complexity index is 1220. The van der Waals surface area contributed by atoms with Crippen LogP contribution in [0.4, 0.5) is 17.1 Å². The molecule has 3 aliphatic heterocycles. The highest BCUT2D eigenvalue weighted by Gasteiger charge is 2.70. The van der Waals surface area contributed by atoms with Crippen molar-refractivity contribution < 1.29 is 19.3 Å². The fraction of sp³-hybridized carbons (Fsp3) is 0.348. The van der Waals surface area contributed by atoms with E-state index in [1.165, 1.54) is 18.2 Å². The summed E-state index contributed by atoms with van der Waals surface area (Å²) in [5, 5.41) is 17.6. The van der Waals surface area contributed by atoms with Crippen molar-refractivity contribution in [3.8, 4) is 0 Å². The van der Waals surface area contributed by atoms with Gasteiger partial charge in [0, 0.05) is 29.4 Å². The number of benzene rings is 2. The Morgan fingerprint density at radius 3 is 2.64 bits per heavy atom. The number of para-hydroxylation sites is 1. The zero-order valence-electron chi connectivity index (χ0n) is 18.0. The van der Waals surface area contributed by atoms with Crippen LogP contribution in [0.1, 0.15) is 17.5 Å². The van der Waals surface area contributed by atoms with E-state index in [-0.39, 0.29) is 23.3 Å². The number of nitrogens with zero attached hydrogens (tertiary/aromatic N) is 2. The van der Waals surface area contributed by atoms with Gasteiger partial charge in [-0.25, -0.2) is 4.90 Å². The number of non-ortho nitro benzene ring substituents is 1. The van der Waals surface area contributed by atoms with E-state index in [0.29, 0.717) is 23.2 Å². The lowest BCUT2D eigenvalue weighted by Crippen LogP contribution is -2.53. The Balaban J connectivity index is 1.66. The number of fused-ring (bicyclic) bond motifs is 4. The number of amides is 3. The lowest BCUT2D eigenvalue weighted by atomic mass is 9.76. The highest BCUT2D eigenvalue weighted by atomic mass is 32.2. The van der Waals surface area contributed by atoms with Crippen molar-refractivity contribution in [3.63, 3.8) is 0 Å². The molecule has 0 aliphatic carbocycles. The highest BCUT2D eigenvalue weighted by Crippen LogP contribution is 2.54. The third kappa shape index (κ3) is 2.94. The molecule has 0 unspecified atom stereocenters. The average molecular weight is 467 g/mol. The molecule has 2 N–H and O–H groups in total. The van der Waals surface area contributed by atoms with Crippen LogP contribution < -0.4 is 15.5 Å². The van der Waals surface area contributed by atoms with E-state index in [1.54, 1.807) is 43.0 Å². The van der Waals surface area contributed by atoms with Crippen LogP contribution in [0.2, 0.25) is 0 Å². The Kier molecular flexibility index (Phi) is 5.02. The molecule has 170 valence electrons. The van der Waals surface area contributed by atoms with Crippen molar-refractivity contribution >= 4 is 46.5 Å². The first-order chi connectivity index (χ1) is 15.8. The standard InChI is InChI=1S/C23H22N4O5S/c1-12-7-8-13(27(31)32)11-17(12)26-20(28)18-16(9-10-33-2)25-23(19(18)21(26)29)14-5-3-4-6-15(14)24-22(23)30/h3-8,11,16,18-19,25H,9-10H2,1-2H3,(H,24,30)/t16-,18-,19+,23-/m0/s1. The summed E-state index contributed by atoms with van der Waals surface area (Å²) in [5.74, 6) is -2.25. The highest BCUT2D eigenvalue weighted by molar-refractivity contribution is 7.98. The molecule has 2 aromatic rings. The number of carbonyl (C=O) groups is 3. The minimum atomic E-state index is -1.36. The Morgan fingerprint density at radius 2 is 1.91 bits per heavy atom. The molecule has 3 heterocycles. The molecule has 4 atom stereocenters. The van der Waals surface area contributed by atoms with Gasteiger partial charge in [0.05, 0.1) is 22.4 Å². The molecule has 0 radical (unpaired) electrons. The van der Waals surface area contributed by atoms with Gasteiger partial charge in [0.15, 0.2) is 0 Å². The van der Waals surface area contributed by atoms with Crippen molar-refractivity contribution in [1.29, 1.82) is 0 Å². The molecule has 0 saturated carbocycles. The third-order valence-corrected chi connectivity index (χ3v) is 7.54.